The molecule has 0 spiro atoms. The van der Waals surface area contributed by atoms with Crippen LogP contribution in [0.15, 0.2) is 42.7 Å². The third kappa shape index (κ3) is 4.20. The lowest BCUT2D eigenvalue weighted by molar-refractivity contribution is 0.604. The number of hydrogen-bond acceptors (Lipinski definition) is 4. The average Bonchev–Trinajstić information content (AvgIpc) is 2.39. The Hall–Kier alpha value is -2.15. The zero-order valence-electron chi connectivity index (χ0n) is 10.8. The first kappa shape index (κ1) is 14.3. The van der Waals surface area contributed by atoms with Crippen LogP contribution in [-0.2, 0) is 16.6 Å². The van der Waals surface area contributed by atoms with Gasteiger partial charge in [0.2, 0.25) is 10.0 Å². The van der Waals surface area contributed by atoms with Crippen LogP contribution in [0.1, 0.15) is 5.56 Å². The van der Waals surface area contributed by atoms with E-state index in [1.54, 1.807) is 18.5 Å². The number of benzene rings is 1. The number of rotatable bonds is 5. The molecule has 1 heterocycles. The fourth-order valence-corrected chi connectivity index (χ4v) is 2.17. The Morgan fingerprint density at radius 3 is 2.55 bits per heavy atom. The molecule has 0 saturated heterocycles. The van der Waals surface area contributed by atoms with E-state index in [0.717, 1.165) is 11.8 Å². The minimum Gasteiger partial charge on any atom is -0.381 e. The topological polar surface area (TPSA) is 71.1 Å². The number of hydrogen-bond donors (Lipinski definition) is 2. The summed E-state index contributed by atoms with van der Waals surface area (Å²) in [5.41, 5.74) is 1.56. The van der Waals surface area contributed by atoms with Gasteiger partial charge in [0.15, 0.2) is 0 Å². The molecule has 20 heavy (non-hydrogen) atoms. The maximum absolute atomic E-state index is 13.5. The summed E-state index contributed by atoms with van der Waals surface area (Å²) in [6, 6.07) is 7.88. The van der Waals surface area contributed by atoms with Crippen LogP contribution in [0.2, 0.25) is 0 Å². The summed E-state index contributed by atoms with van der Waals surface area (Å²) < 4.78 is 37.9. The van der Waals surface area contributed by atoms with Gasteiger partial charge >= 0.3 is 0 Å². The van der Waals surface area contributed by atoms with Crippen molar-refractivity contribution in [1.29, 1.82) is 0 Å². The molecule has 0 bridgehead atoms. The van der Waals surface area contributed by atoms with Crippen molar-refractivity contribution in [3.63, 3.8) is 0 Å². The van der Waals surface area contributed by atoms with E-state index in [4.69, 9.17) is 0 Å². The van der Waals surface area contributed by atoms with Gasteiger partial charge < -0.3 is 5.32 Å². The number of anilines is 2. The van der Waals surface area contributed by atoms with Crippen molar-refractivity contribution in [2.24, 2.45) is 0 Å². The van der Waals surface area contributed by atoms with Gasteiger partial charge in [-0.05, 0) is 35.9 Å². The van der Waals surface area contributed by atoms with Crippen molar-refractivity contribution < 1.29 is 12.8 Å². The van der Waals surface area contributed by atoms with Crippen LogP contribution in [0.5, 0.6) is 0 Å². The fraction of sp³-hybridized carbons (Fsp3) is 0.154. The lowest BCUT2D eigenvalue weighted by Crippen LogP contribution is -2.11. The van der Waals surface area contributed by atoms with Gasteiger partial charge in [-0.25, -0.2) is 12.8 Å². The second-order valence-corrected chi connectivity index (χ2v) is 6.03. The van der Waals surface area contributed by atoms with Crippen molar-refractivity contribution >= 4 is 21.4 Å². The highest BCUT2D eigenvalue weighted by Crippen LogP contribution is 2.21. The maximum Gasteiger partial charge on any atom is 0.229 e. The molecule has 106 valence electrons. The van der Waals surface area contributed by atoms with Gasteiger partial charge in [-0.15, -0.1) is 0 Å². The molecular weight excluding hydrogens is 281 g/mol. The third-order valence-electron chi connectivity index (χ3n) is 2.51. The predicted octanol–water partition coefficient (Wildman–Crippen LogP) is 2.20. The molecule has 0 fully saturated rings. The smallest absolute Gasteiger partial charge is 0.229 e. The Labute approximate surface area is 116 Å². The Bertz CT molecular complexity index is 690. The number of pyridine rings is 1. The largest absolute Gasteiger partial charge is 0.381 e. The molecule has 0 aliphatic carbocycles. The fourth-order valence-electron chi connectivity index (χ4n) is 1.62. The molecule has 2 rings (SSSR count). The van der Waals surface area contributed by atoms with Crippen molar-refractivity contribution in [2.75, 3.05) is 16.3 Å². The first-order chi connectivity index (χ1) is 9.44. The molecule has 5 nitrogen and oxygen atoms in total. The second kappa shape index (κ2) is 5.87. The van der Waals surface area contributed by atoms with E-state index in [1.165, 1.54) is 12.1 Å². The minimum atomic E-state index is -3.51. The van der Waals surface area contributed by atoms with Crippen LogP contribution in [0.25, 0.3) is 0 Å². The first-order valence-corrected chi connectivity index (χ1v) is 7.73. The Kier molecular flexibility index (Phi) is 4.19. The summed E-state index contributed by atoms with van der Waals surface area (Å²) >= 11 is 0. The number of nitrogens with zero attached hydrogens (tertiary/aromatic N) is 1. The van der Waals surface area contributed by atoms with Gasteiger partial charge in [0, 0.05) is 24.6 Å². The highest BCUT2D eigenvalue weighted by molar-refractivity contribution is 7.92. The monoisotopic (exact) mass is 295 g/mol. The van der Waals surface area contributed by atoms with E-state index < -0.39 is 15.8 Å². The molecule has 1 aromatic heterocycles. The average molecular weight is 295 g/mol. The van der Waals surface area contributed by atoms with Crippen LogP contribution >= 0.6 is 0 Å². The van der Waals surface area contributed by atoms with Gasteiger partial charge in [-0.3, -0.25) is 9.71 Å². The summed E-state index contributed by atoms with van der Waals surface area (Å²) in [6.45, 7) is 0.534. The summed E-state index contributed by atoms with van der Waals surface area (Å²) in [5, 5.41) is 3.09. The van der Waals surface area contributed by atoms with Crippen LogP contribution in [0.3, 0.4) is 0 Å². The Morgan fingerprint density at radius 1 is 1.20 bits per heavy atom. The van der Waals surface area contributed by atoms with Gasteiger partial charge in [-0.1, -0.05) is 0 Å². The molecule has 0 radical (unpaired) electrons. The summed E-state index contributed by atoms with van der Waals surface area (Å²) in [6.07, 6.45) is 4.33. The van der Waals surface area contributed by atoms with Gasteiger partial charge in [0.1, 0.15) is 5.82 Å². The highest BCUT2D eigenvalue weighted by atomic mass is 32.2. The summed E-state index contributed by atoms with van der Waals surface area (Å²) in [4.78, 5) is 3.91. The number of halogens is 1. The van der Waals surface area contributed by atoms with Crippen molar-refractivity contribution in [1.82, 2.24) is 4.98 Å². The number of sulfonamides is 1. The third-order valence-corrected chi connectivity index (χ3v) is 3.10. The van der Waals surface area contributed by atoms with E-state index in [1.807, 2.05) is 12.1 Å². The zero-order chi connectivity index (χ0) is 14.6. The van der Waals surface area contributed by atoms with E-state index in [0.29, 0.717) is 12.2 Å². The van der Waals surface area contributed by atoms with Crippen molar-refractivity contribution in [3.05, 3.63) is 54.1 Å². The standard InChI is InChI=1S/C13H14FN3O2S/c1-20(18,19)17-13-8-11(2-3-12(13)14)16-9-10-4-6-15-7-5-10/h2-8,16-17H,9H2,1H3. The lowest BCUT2D eigenvalue weighted by atomic mass is 10.2. The van der Waals surface area contributed by atoms with E-state index >= 15 is 0 Å². The normalized spacial score (nSPS) is 11.1. The van der Waals surface area contributed by atoms with Crippen LogP contribution < -0.4 is 10.0 Å². The van der Waals surface area contributed by atoms with Crippen LogP contribution in [0.4, 0.5) is 15.8 Å². The van der Waals surface area contributed by atoms with Crippen LogP contribution in [-0.4, -0.2) is 19.7 Å². The van der Waals surface area contributed by atoms with Gasteiger partial charge in [-0.2, -0.15) is 0 Å². The van der Waals surface area contributed by atoms with Crippen molar-refractivity contribution in [2.45, 2.75) is 6.54 Å². The predicted molar refractivity (Wildman–Crippen MR) is 76.4 cm³/mol. The SMILES string of the molecule is CS(=O)(=O)Nc1cc(NCc2ccncc2)ccc1F. The molecule has 2 N–H and O–H groups in total. The number of nitrogens with one attached hydrogen (secondary N) is 2. The Balaban J connectivity index is 2.11. The second-order valence-electron chi connectivity index (χ2n) is 4.28. The van der Waals surface area contributed by atoms with Crippen LogP contribution in [0, 0.1) is 5.82 Å². The van der Waals surface area contributed by atoms with Crippen molar-refractivity contribution in [3.8, 4) is 0 Å². The zero-order valence-corrected chi connectivity index (χ0v) is 11.6. The number of aromatic nitrogens is 1. The Morgan fingerprint density at radius 2 is 1.90 bits per heavy atom. The maximum atomic E-state index is 13.5. The lowest BCUT2D eigenvalue weighted by Gasteiger charge is -2.10. The van der Waals surface area contributed by atoms with E-state index in [9.17, 15) is 12.8 Å². The first-order valence-electron chi connectivity index (χ1n) is 5.84. The molecular formula is C13H14FN3O2S. The molecule has 1 aromatic carbocycles. The molecule has 7 heteroatoms. The van der Waals surface area contributed by atoms with Gasteiger partial charge in [0.05, 0.1) is 11.9 Å². The van der Waals surface area contributed by atoms with E-state index in [-0.39, 0.29) is 5.69 Å². The molecule has 0 amide bonds. The molecule has 0 atom stereocenters. The molecule has 0 aliphatic heterocycles. The highest BCUT2D eigenvalue weighted by Gasteiger charge is 2.08. The summed E-state index contributed by atoms with van der Waals surface area (Å²) in [5.74, 6) is -0.620. The molecule has 0 saturated carbocycles. The molecule has 2 aromatic rings. The quantitative estimate of drug-likeness (QED) is 0.887. The summed E-state index contributed by atoms with van der Waals surface area (Å²) in [7, 11) is -3.51. The minimum absolute atomic E-state index is 0.0766. The molecule has 0 aliphatic rings. The van der Waals surface area contributed by atoms with Gasteiger partial charge in [0.25, 0.3) is 0 Å². The molecule has 0 unspecified atom stereocenters. The van der Waals surface area contributed by atoms with E-state index in [2.05, 4.69) is 15.0 Å².